The van der Waals surface area contributed by atoms with Crippen molar-refractivity contribution in [2.75, 3.05) is 0 Å². The molecule has 0 heterocycles. The molecule has 11 saturated carbocycles. The van der Waals surface area contributed by atoms with Gasteiger partial charge in [0.05, 0.1) is 0 Å². The Hall–Kier alpha value is 0. The van der Waals surface area contributed by atoms with E-state index in [1.807, 2.05) is 0 Å². The summed E-state index contributed by atoms with van der Waals surface area (Å²) in [5, 5.41) is 0. The number of hydrogen-bond donors (Lipinski definition) is 0. The van der Waals surface area contributed by atoms with E-state index in [0.717, 1.165) is 130 Å². The molecule has 0 saturated heterocycles. The zero-order chi connectivity index (χ0) is 56.8. The van der Waals surface area contributed by atoms with E-state index in [0.29, 0.717) is 5.41 Å². The van der Waals surface area contributed by atoms with Gasteiger partial charge < -0.3 is 0 Å². The molecule has 0 radical (unpaired) electrons. The molecule has 0 aliphatic heterocycles. The second kappa shape index (κ2) is 36.1. The Labute approximate surface area is 494 Å². The summed E-state index contributed by atoms with van der Waals surface area (Å²) in [6.07, 6.45) is 59.1. The van der Waals surface area contributed by atoms with Gasteiger partial charge in [-0.15, -0.1) is 0 Å². The summed E-state index contributed by atoms with van der Waals surface area (Å²) in [7, 11) is 0. The third-order valence-corrected chi connectivity index (χ3v) is 25.3. The Morgan fingerprint density at radius 3 is 1.01 bits per heavy atom. The summed E-state index contributed by atoms with van der Waals surface area (Å²) in [5.74, 6) is 22.7. The molecule has 0 spiro atoms. The molecule has 11 aliphatic carbocycles. The van der Waals surface area contributed by atoms with Crippen LogP contribution in [0.5, 0.6) is 0 Å². The van der Waals surface area contributed by atoms with Crippen molar-refractivity contribution in [1.29, 1.82) is 0 Å². The van der Waals surface area contributed by atoms with Crippen molar-refractivity contribution in [2.24, 2.45) is 136 Å². The fourth-order valence-corrected chi connectivity index (χ4v) is 19.7. The summed E-state index contributed by atoms with van der Waals surface area (Å²) < 4.78 is 0. The average Bonchev–Trinajstić information content (AvgIpc) is 3.55. The second-order valence-electron chi connectivity index (χ2n) is 34.0. The maximum absolute atomic E-state index is 2.51. The van der Waals surface area contributed by atoms with Gasteiger partial charge in [0.15, 0.2) is 0 Å². The smallest absolute Gasteiger partial charge is 0.0295 e. The van der Waals surface area contributed by atoms with Crippen molar-refractivity contribution >= 4 is 0 Å². The lowest BCUT2D eigenvalue weighted by Gasteiger charge is -2.60. The van der Waals surface area contributed by atoms with Crippen molar-refractivity contribution in [3.8, 4) is 0 Å². The summed E-state index contributed by atoms with van der Waals surface area (Å²) in [6.45, 7) is 38.6. The Kier molecular flexibility index (Phi) is 31.8. The number of rotatable bonds is 9. The van der Waals surface area contributed by atoms with Crippen LogP contribution in [0, 0.1) is 136 Å². The first-order chi connectivity index (χ1) is 37.2. The lowest BCUT2D eigenvalue weighted by atomic mass is 9.45. The molecule has 8 bridgehead atoms. The minimum atomic E-state index is 0.694. The van der Waals surface area contributed by atoms with E-state index in [4.69, 9.17) is 0 Å². The molecule has 460 valence electrons. The highest BCUT2D eigenvalue weighted by Gasteiger charge is 2.53. The molecule has 78 heavy (non-hydrogen) atoms. The van der Waals surface area contributed by atoms with Crippen LogP contribution >= 0.6 is 0 Å². The largest absolute Gasteiger partial charge is 0.0651 e. The van der Waals surface area contributed by atoms with Crippen LogP contribution in [0.4, 0.5) is 0 Å². The first kappa shape index (κ1) is 68.8. The molecule has 11 aliphatic rings. The van der Waals surface area contributed by atoms with Crippen LogP contribution in [0.2, 0.25) is 0 Å². The third-order valence-electron chi connectivity index (χ3n) is 25.3. The van der Waals surface area contributed by atoms with Crippen LogP contribution in [-0.2, 0) is 0 Å². The molecule has 0 aromatic carbocycles. The van der Waals surface area contributed by atoms with Crippen LogP contribution in [0.15, 0.2) is 0 Å². The van der Waals surface area contributed by atoms with Gasteiger partial charge in [0, 0.05) is 0 Å². The van der Waals surface area contributed by atoms with Crippen molar-refractivity contribution in [1.82, 2.24) is 0 Å². The Bertz CT molecular complexity index is 1430. The zero-order valence-electron chi connectivity index (χ0n) is 56.8. The number of fused-ring (bicyclic) bond motifs is 8. The van der Waals surface area contributed by atoms with Crippen LogP contribution in [0.3, 0.4) is 0 Å². The van der Waals surface area contributed by atoms with Gasteiger partial charge >= 0.3 is 0 Å². The fraction of sp³-hybridized carbons (Fsp3) is 1.00. The topological polar surface area (TPSA) is 0 Å². The Balaban J connectivity index is 0.000000173. The molecular weight excluding hydrogens is 937 g/mol. The quantitative estimate of drug-likeness (QED) is 0.216. The molecule has 9 unspecified atom stereocenters. The lowest BCUT2D eigenvalue weighted by Crippen LogP contribution is -2.52. The first-order valence-electron chi connectivity index (χ1n) is 37.2. The van der Waals surface area contributed by atoms with E-state index in [9.17, 15) is 0 Å². The van der Waals surface area contributed by atoms with E-state index in [1.54, 1.807) is 89.9 Å². The zero-order valence-corrected chi connectivity index (χ0v) is 56.8. The monoisotopic (exact) mass is 1090 g/mol. The van der Waals surface area contributed by atoms with Gasteiger partial charge in [-0.3, -0.25) is 0 Å². The van der Waals surface area contributed by atoms with Crippen LogP contribution in [0.1, 0.15) is 361 Å². The standard InChI is InChI=1S/2C14H26.C13H24.C13H26.C12H22.C12H24/c1-10(2)5-6-11-7-8-12-9-13(11)14(12,3)4;1-4-11-5-12-7-13(6-11)9-14(8-12)10(2)3;1-9(2)13-7-11-4-10(3)5-12(6-11)8-13;1-12(2)13-10-8-6-4-3-5-7-9-11-13;1-9(2)12-7-10-4-3-5-11(6-10)8-12;1-11(2)12-9-7-5-3-4-6-8-10-12/h10-13H,5-9H2,1-4H3;10-14H,4-9H2,1-3H3;9-13H,4-8H2,1-3H3;12-13H,3-11H2,1-2H3;9-12H,3-8H2,1-2H3;11-12H,3-10H2,1-2H3. The molecule has 9 atom stereocenters. The van der Waals surface area contributed by atoms with Crippen LogP contribution in [0.25, 0.3) is 0 Å². The summed E-state index contributed by atoms with van der Waals surface area (Å²) in [6, 6.07) is 0. The maximum atomic E-state index is 2.51. The van der Waals surface area contributed by atoms with Gasteiger partial charge in [-0.2, -0.15) is 0 Å². The predicted molar refractivity (Wildman–Crippen MR) is 350 cm³/mol. The van der Waals surface area contributed by atoms with E-state index in [-0.39, 0.29) is 0 Å². The molecular formula is C78H148. The van der Waals surface area contributed by atoms with Crippen molar-refractivity contribution in [3.05, 3.63) is 0 Å². The summed E-state index contributed by atoms with van der Waals surface area (Å²) >= 11 is 0. The average molecular weight is 1090 g/mol. The van der Waals surface area contributed by atoms with Gasteiger partial charge in [-0.25, -0.2) is 0 Å². The molecule has 0 nitrogen and oxygen atoms in total. The normalized spacial score (nSPS) is 36.2. The maximum Gasteiger partial charge on any atom is -0.0295 e. The molecule has 11 rings (SSSR count). The molecule has 0 amide bonds. The fourth-order valence-electron chi connectivity index (χ4n) is 19.7. The minimum Gasteiger partial charge on any atom is -0.0651 e. The minimum absolute atomic E-state index is 0.694. The summed E-state index contributed by atoms with van der Waals surface area (Å²) in [4.78, 5) is 0. The van der Waals surface area contributed by atoms with Gasteiger partial charge in [-0.05, 0) is 245 Å². The third kappa shape index (κ3) is 24.2. The van der Waals surface area contributed by atoms with Crippen LogP contribution in [-0.4, -0.2) is 0 Å². The van der Waals surface area contributed by atoms with Crippen molar-refractivity contribution in [3.63, 3.8) is 0 Å². The second-order valence-corrected chi connectivity index (χ2v) is 34.0. The Morgan fingerprint density at radius 1 is 0.333 bits per heavy atom. The first-order valence-corrected chi connectivity index (χ1v) is 37.2. The van der Waals surface area contributed by atoms with Crippen molar-refractivity contribution in [2.45, 2.75) is 361 Å². The predicted octanol–water partition coefficient (Wildman–Crippen LogP) is 26.1. The van der Waals surface area contributed by atoms with Crippen molar-refractivity contribution < 1.29 is 0 Å². The van der Waals surface area contributed by atoms with E-state index >= 15 is 0 Å². The summed E-state index contributed by atoms with van der Waals surface area (Å²) in [5.41, 5.74) is 0.694. The van der Waals surface area contributed by atoms with E-state index < -0.39 is 0 Å². The van der Waals surface area contributed by atoms with Gasteiger partial charge in [0.25, 0.3) is 0 Å². The molecule has 11 fully saturated rings. The highest BCUT2D eigenvalue weighted by atomic mass is 14.6. The highest BCUT2D eigenvalue weighted by molar-refractivity contribution is 5.03. The molecule has 0 heteroatoms. The van der Waals surface area contributed by atoms with Gasteiger partial charge in [-0.1, -0.05) is 252 Å². The SMILES string of the molecule is CC(C)C1CC2CCCC(C2)C1.CC(C)C1CCCCCCCC1.CC(C)C1CCCCCCCCC1.CC(C)CCC1CCC2CC1C2(C)C.CC1CC2CC(C1)CC(C(C)C)C2.CCC1CC2CC(C1)CC(C(C)C)C2. The molecule has 0 N–H and O–H groups in total. The van der Waals surface area contributed by atoms with E-state index in [1.165, 1.54) is 161 Å². The number of hydrogen-bond acceptors (Lipinski definition) is 0. The van der Waals surface area contributed by atoms with Gasteiger partial charge in [0.2, 0.25) is 0 Å². The highest BCUT2D eigenvalue weighted by Crippen LogP contribution is 2.62. The molecule has 0 aromatic heterocycles. The van der Waals surface area contributed by atoms with E-state index in [2.05, 4.69) is 111 Å². The van der Waals surface area contributed by atoms with Crippen LogP contribution < -0.4 is 0 Å². The Morgan fingerprint density at radius 2 is 0.679 bits per heavy atom. The van der Waals surface area contributed by atoms with Gasteiger partial charge in [0.1, 0.15) is 0 Å². The molecule has 0 aromatic rings. The lowest BCUT2D eigenvalue weighted by molar-refractivity contribution is -0.107.